The quantitative estimate of drug-likeness (QED) is 0.726. The lowest BCUT2D eigenvalue weighted by Crippen LogP contribution is -2.19. The first-order valence-corrected chi connectivity index (χ1v) is 4.80. The van der Waals surface area contributed by atoms with Crippen LogP contribution in [-0.2, 0) is 5.54 Å². The van der Waals surface area contributed by atoms with E-state index in [1.54, 1.807) is 4.52 Å². The third-order valence-electron chi connectivity index (χ3n) is 2.79. The van der Waals surface area contributed by atoms with Gasteiger partial charge in [-0.2, -0.15) is 5.10 Å². The number of nitrogens with zero attached hydrogens (tertiary/aromatic N) is 3. The van der Waals surface area contributed by atoms with E-state index in [0.29, 0.717) is 0 Å². The number of rotatable bonds is 1. The lowest BCUT2D eigenvalue weighted by molar-refractivity contribution is 0.737. The first-order chi connectivity index (χ1) is 6.69. The molecule has 0 aliphatic heterocycles. The normalized spacial score (nSPS) is 18.7. The molecule has 14 heavy (non-hydrogen) atoms. The maximum Gasteiger partial charge on any atom is 0.160 e. The van der Waals surface area contributed by atoms with Gasteiger partial charge in [-0.05, 0) is 25.8 Å². The fraction of sp³-hybridized carbons (Fsp3) is 0.400. The van der Waals surface area contributed by atoms with Crippen LogP contribution >= 0.6 is 0 Å². The monoisotopic (exact) mass is 188 g/mol. The highest BCUT2D eigenvalue weighted by Crippen LogP contribution is 2.43. The highest BCUT2D eigenvalue weighted by atomic mass is 15.3. The third kappa shape index (κ3) is 0.974. The molecule has 0 atom stereocenters. The highest BCUT2D eigenvalue weighted by Gasteiger charge is 2.41. The Kier molecular flexibility index (Phi) is 1.32. The average molecular weight is 188 g/mol. The van der Waals surface area contributed by atoms with Crippen LogP contribution in [0.2, 0.25) is 0 Å². The molecule has 72 valence electrons. The fourth-order valence-electron chi connectivity index (χ4n) is 1.81. The van der Waals surface area contributed by atoms with Gasteiger partial charge in [-0.3, -0.25) is 0 Å². The van der Waals surface area contributed by atoms with Crippen molar-refractivity contribution in [1.82, 2.24) is 14.6 Å². The van der Waals surface area contributed by atoms with E-state index in [4.69, 9.17) is 5.73 Å². The van der Waals surface area contributed by atoms with E-state index in [1.807, 2.05) is 19.2 Å². The minimum atomic E-state index is -0.137. The largest absolute Gasteiger partial charge is 0.321 e. The summed E-state index contributed by atoms with van der Waals surface area (Å²) in [5, 5.41) is 4.27. The van der Waals surface area contributed by atoms with E-state index < -0.39 is 0 Å². The van der Waals surface area contributed by atoms with Crippen LogP contribution in [-0.4, -0.2) is 14.6 Å². The predicted molar refractivity (Wildman–Crippen MR) is 52.8 cm³/mol. The number of pyridine rings is 1. The van der Waals surface area contributed by atoms with Crippen molar-refractivity contribution < 1.29 is 0 Å². The maximum atomic E-state index is 6.16. The molecule has 2 heterocycles. The minimum absolute atomic E-state index is 0.137. The Morgan fingerprint density at radius 3 is 3.00 bits per heavy atom. The molecule has 1 fully saturated rings. The number of aryl methyl sites for hydroxylation is 1. The average Bonchev–Trinajstić information content (AvgIpc) is 2.78. The minimum Gasteiger partial charge on any atom is -0.321 e. The van der Waals surface area contributed by atoms with Crippen LogP contribution in [0.15, 0.2) is 18.3 Å². The molecule has 0 spiro atoms. The topological polar surface area (TPSA) is 56.2 Å². The standard InChI is InChI=1S/C10H12N4/c1-7-12-9-8(10(11)4-5-10)3-2-6-14(9)13-7/h2-3,6H,4-5,11H2,1H3. The van der Waals surface area contributed by atoms with Gasteiger partial charge in [0.05, 0.1) is 0 Å². The van der Waals surface area contributed by atoms with Crippen molar-refractivity contribution in [1.29, 1.82) is 0 Å². The van der Waals surface area contributed by atoms with Crippen LogP contribution in [0.1, 0.15) is 24.2 Å². The molecule has 2 N–H and O–H groups in total. The number of hydrogen-bond acceptors (Lipinski definition) is 3. The van der Waals surface area contributed by atoms with Crippen molar-refractivity contribution in [2.75, 3.05) is 0 Å². The van der Waals surface area contributed by atoms with Crippen LogP contribution in [0, 0.1) is 6.92 Å². The smallest absolute Gasteiger partial charge is 0.160 e. The van der Waals surface area contributed by atoms with Crippen molar-refractivity contribution in [3.63, 3.8) is 0 Å². The molecule has 0 aromatic carbocycles. The molecule has 0 amide bonds. The molecule has 3 rings (SSSR count). The molecule has 0 saturated heterocycles. The second kappa shape index (κ2) is 2.33. The van der Waals surface area contributed by atoms with Gasteiger partial charge >= 0.3 is 0 Å². The molecule has 0 radical (unpaired) electrons. The third-order valence-corrected chi connectivity index (χ3v) is 2.79. The zero-order valence-electron chi connectivity index (χ0n) is 8.07. The Bertz CT molecular complexity index is 496. The Balaban J connectivity index is 2.32. The van der Waals surface area contributed by atoms with Crippen LogP contribution in [0.3, 0.4) is 0 Å². The van der Waals surface area contributed by atoms with Crippen molar-refractivity contribution in [2.45, 2.75) is 25.3 Å². The Hall–Kier alpha value is -1.42. The summed E-state index contributed by atoms with van der Waals surface area (Å²) in [5.74, 6) is 0.793. The van der Waals surface area contributed by atoms with E-state index in [0.717, 1.165) is 29.9 Å². The van der Waals surface area contributed by atoms with E-state index in [2.05, 4.69) is 16.1 Å². The van der Waals surface area contributed by atoms with E-state index >= 15 is 0 Å². The number of aromatic nitrogens is 3. The van der Waals surface area contributed by atoms with Crippen LogP contribution in [0.25, 0.3) is 5.65 Å². The first-order valence-electron chi connectivity index (χ1n) is 4.80. The molecule has 0 unspecified atom stereocenters. The van der Waals surface area contributed by atoms with Crippen molar-refractivity contribution in [3.05, 3.63) is 29.7 Å². The van der Waals surface area contributed by atoms with Crippen LogP contribution in [0.4, 0.5) is 0 Å². The molecule has 2 aromatic heterocycles. The predicted octanol–water partition coefficient (Wildman–Crippen LogP) is 0.986. The van der Waals surface area contributed by atoms with Gasteiger partial charge in [0.25, 0.3) is 0 Å². The molecule has 1 aliphatic rings. The lowest BCUT2D eigenvalue weighted by atomic mass is 10.1. The zero-order valence-corrected chi connectivity index (χ0v) is 8.07. The molecule has 0 bridgehead atoms. The van der Waals surface area contributed by atoms with Gasteiger partial charge in [0, 0.05) is 17.3 Å². The van der Waals surface area contributed by atoms with Crippen LogP contribution in [0.5, 0.6) is 0 Å². The second-order valence-electron chi connectivity index (χ2n) is 4.01. The van der Waals surface area contributed by atoms with Gasteiger partial charge in [0.15, 0.2) is 5.65 Å². The summed E-state index contributed by atoms with van der Waals surface area (Å²) < 4.78 is 1.80. The maximum absolute atomic E-state index is 6.16. The van der Waals surface area contributed by atoms with Gasteiger partial charge in [-0.15, -0.1) is 0 Å². The summed E-state index contributed by atoms with van der Waals surface area (Å²) in [5.41, 5.74) is 8.06. The van der Waals surface area contributed by atoms with Crippen molar-refractivity contribution in [3.8, 4) is 0 Å². The molecule has 4 heteroatoms. The summed E-state index contributed by atoms with van der Waals surface area (Å²) in [4.78, 5) is 4.39. The Labute approximate surface area is 81.8 Å². The van der Waals surface area contributed by atoms with Crippen molar-refractivity contribution in [2.24, 2.45) is 5.73 Å². The molecule has 4 nitrogen and oxygen atoms in total. The van der Waals surface area contributed by atoms with E-state index in [9.17, 15) is 0 Å². The molecule has 1 aliphatic carbocycles. The molecule has 2 aromatic rings. The Morgan fingerprint density at radius 1 is 1.50 bits per heavy atom. The molecule has 1 saturated carbocycles. The summed E-state index contributed by atoms with van der Waals surface area (Å²) in [6.07, 6.45) is 4.02. The zero-order chi connectivity index (χ0) is 9.76. The summed E-state index contributed by atoms with van der Waals surface area (Å²) in [6, 6.07) is 4.03. The van der Waals surface area contributed by atoms with Crippen LogP contribution < -0.4 is 5.73 Å². The van der Waals surface area contributed by atoms with Gasteiger partial charge in [0.2, 0.25) is 0 Å². The number of fused-ring (bicyclic) bond motifs is 1. The van der Waals surface area contributed by atoms with Gasteiger partial charge < -0.3 is 5.73 Å². The van der Waals surface area contributed by atoms with Crippen molar-refractivity contribution >= 4 is 5.65 Å². The fourth-order valence-corrected chi connectivity index (χ4v) is 1.81. The molecular weight excluding hydrogens is 176 g/mol. The summed E-state index contributed by atoms with van der Waals surface area (Å²) in [7, 11) is 0. The number of hydrogen-bond donors (Lipinski definition) is 1. The second-order valence-corrected chi connectivity index (χ2v) is 4.01. The Morgan fingerprint density at radius 2 is 2.29 bits per heavy atom. The number of nitrogens with two attached hydrogens (primary N) is 1. The van der Waals surface area contributed by atoms with E-state index in [1.165, 1.54) is 0 Å². The SMILES string of the molecule is Cc1nc2c(C3(N)CC3)cccn2n1. The summed E-state index contributed by atoms with van der Waals surface area (Å²) in [6.45, 7) is 1.90. The lowest BCUT2D eigenvalue weighted by Gasteiger charge is -2.08. The summed E-state index contributed by atoms with van der Waals surface area (Å²) >= 11 is 0. The highest BCUT2D eigenvalue weighted by molar-refractivity contribution is 5.53. The molecular formula is C10H12N4. The van der Waals surface area contributed by atoms with Gasteiger partial charge in [-0.1, -0.05) is 6.07 Å². The van der Waals surface area contributed by atoms with Gasteiger partial charge in [-0.25, -0.2) is 9.50 Å². The van der Waals surface area contributed by atoms with E-state index in [-0.39, 0.29) is 5.54 Å². The first kappa shape index (κ1) is 7.94. The van der Waals surface area contributed by atoms with Gasteiger partial charge in [0.1, 0.15) is 5.82 Å².